The Hall–Kier alpha value is -3.33. The number of piperazine rings is 1. The van der Waals surface area contributed by atoms with Crippen molar-refractivity contribution in [2.45, 2.75) is 6.18 Å². The molecule has 0 bridgehead atoms. The van der Waals surface area contributed by atoms with Crippen LogP contribution in [-0.2, 0) is 6.18 Å². The molecule has 1 fully saturated rings. The van der Waals surface area contributed by atoms with Gasteiger partial charge in [0.2, 0.25) is 5.95 Å². The first-order valence-electron chi connectivity index (χ1n) is 10.0. The first kappa shape index (κ1) is 20.6. The van der Waals surface area contributed by atoms with E-state index in [0.29, 0.717) is 36.8 Å². The fraction of sp³-hybridized carbons (Fsp3) is 0.227. The number of aromatic nitrogens is 4. The van der Waals surface area contributed by atoms with Gasteiger partial charge in [-0.3, -0.25) is 0 Å². The normalized spacial score (nSPS) is 14.9. The summed E-state index contributed by atoms with van der Waals surface area (Å²) in [6, 6.07) is 17.5. The van der Waals surface area contributed by atoms with Crippen molar-refractivity contribution in [2.24, 2.45) is 0 Å². The molecule has 0 saturated carbocycles. The zero-order valence-corrected chi connectivity index (χ0v) is 17.6. The van der Waals surface area contributed by atoms with E-state index in [-0.39, 0.29) is 17.4 Å². The molecule has 1 aliphatic rings. The third-order valence-corrected chi connectivity index (χ3v) is 5.63. The van der Waals surface area contributed by atoms with E-state index >= 15 is 0 Å². The van der Waals surface area contributed by atoms with Gasteiger partial charge < -0.3 is 9.80 Å². The van der Waals surface area contributed by atoms with Crippen molar-refractivity contribution in [3.63, 3.8) is 0 Å². The van der Waals surface area contributed by atoms with Gasteiger partial charge in [0, 0.05) is 42.5 Å². The van der Waals surface area contributed by atoms with Gasteiger partial charge in [0.15, 0.2) is 5.69 Å². The van der Waals surface area contributed by atoms with Crippen molar-refractivity contribution >= 4 is 29.0 Å². The second kappa shape index (κ2) is 7.98. The van der Waals surface area contributed by atoms with Crippen LogP contribution in [0.2, 0.25) is 5.02 Å². The number of halogens is 4. The van der Waals surface area contributed by atoms with Crippen molar-refractivity contribution < 1.29 is 13.2 Å². The van der Waals surface area contributed by atoms with E-state index in [9.17, 15) is 13.2 Å². The topological polar surface area (TPSA) is 49.6 Å². The lowest BCUT2D eigenvalue weighted by atomic mass is 10.1. The Balaban J connectivity index is 1.48. The molecule has 2 aromatic carbocycles. The largest absolute Gasteiger partial charge is 0.433 e. The molecule has 2 aromatic heterocycles. The first-order valence-corrected chi connectivity index (χ1v) is 10.4. The van der Waals surface area contributed by atoms with Gasteiger partial charge in [-0.15, -0.1) is 5.10 Å². The van der Waals surface area contributed by atoms with Gasteiger partial charge in [0.1, 0.15) is 0 Å². The molecule has 0 atom stereocenters. The van der Waals surface area contributed by atoms with Gasteiger partial charge in [-0.2, -0.15) is 22.7 Å². The number of para-hydroxylation sites is 1. The molecule has 1 saturated heterocycles. The zero-order chi connectivity index (χ0) is 22.3. The molecule has 5 rings (SSSR count). The summed E-state index contributed by atoms with van der Waals surface area (Å²) >= 11 is 6.01. The maximum absolute atomic E-state index is 13.8. The SMILES string of the molecule is FC(F)(F)c1cc(-c2cccc(Cl)c2)nc2nc(N3CCN(c4ccccc4)CC3)nn12. The third kappa shape index (κ3) is 3.95. The summed E-state index contributed by atoms with van der Waals surface area (Å²) in [5.74, 6) is 0.134. The van der Waals surface area contributed by atoms with Crippen molar-refractivity contribution in [2.75, 3.05) is 36.0 Å². The summed E-state index contributed by atoms with van der Waals surface area (Å²) in [5.41, 5.74) is 0.799. The Kier molecular flexibility index (Phi) is 5.13. The fourth-order valence-corrected chi connectivity index (χ4v) is 3.98. The van der Waals surface area contributed by atoms with Crippen molar-refractivity contribution in [3.05, 3.63) is 71.4 Å². The van der Waals surface area contributed by atoms with Crippen LogP contribution in [0.25, 0.3) is 17.0 Å². The van der Waals surface area contributed by atoms with Crippen LogP contribution in [0.5, 0.6) is 0 Å². The van der Waals surface area contributed by atoms with E-state index < -0.39 is 11.9 Å². The quantitative estimate of drug-likeness (QED) is 0.442. The molecular formula is C22H18ClF3N6. The molecule has 3 heterocycles. The second-order valence-electron chi connectivity index (χ2n) is 7.47. The fourth-order valence-electron chi connectivity index (χ4n) is 3.79. The summed E-state index contributed by atoms with van der Waals surface area (Å²) in [6.07, 6.45) is -4.62. The molecule has 0 radical (unpaired) electrons. The van der Waals surface area contributed by atoms with Crippen LogP contribution < -0.4 is 9.80 Å². The third-order valence-electron chi connectivity index (χ3n) is 5.40. The number of rotatable bonds is 3. The highest BCUT2D eigenvalue weighted by molar-refractivity contribution is 6.30. The van der Waals surface area contributed by atoms with E-state index in [2.05, 4.69) is 20.0 Å². The molecule has 6 nitrogen and oxygen atoms in total. The summed E-state index contributed by atoms with van der Waals surface area (Å²) < 4.78 is 42.2. The lowest BCUT2D eigenvalue weighted by molar-refractivity contribution is -0.142. The molecule has 0 N–H and O–H groups in total. The molecule has 10 heteroatoms. The summed E-state index contributed by atoms with van der Waals surface area (Å²) in [6.45, 7) is 2.61. The lowest BCUT2D eigenvalue weighted by Crippen LogP contribution is -2.47. The Labute approximate surface area is 186 Å². The van der Waals surface area contributed by atoms with Crippen LogP contribution in [0.15, 0.2) is 60.7 Å². The smallest absolute Gasteiger partial charge is 0.368 e. The molecule has 0 unspecified atom stereocenters. The molecule has 1 aliphatic heterocycles. The van der Waals surface area contributed by atoms with Crippen LogP contribution in [0.3, 0.4) is 0 Å². The number of hydrogen-bond acceptors (Lipinski definition) is 5. The van der Waals surface area contributed by atoms with E-state index in [0.717, 1.165) is 16.3 Å². The number of hydrogen-bond donors (Lipinski definition) is 0. The zero-order valence-electron chi connectivity index (χ0n) is 16.8. The summed E-state index contributed by atoms with van der Waals surface area (Å²) in [7, 11) is 0. The van der Waals surface area contributed by atoms with Gasteiger partial charge in [-0.25, -0.2) is 4.98 Å². The van der Waals surface area contributed by atoms with E-state index in [1.807, 2.05) is 35.2 Å². The van der Waals surface area contributed by atoms with Gasteiger partial charge in [-0.05, 0) is 30.3 Å². The minimum absolute atomic E-state index is 0.102. The number of benzene rings is 2. The summed E-state index contributed by atoms with van der Waals surface area (Å²) in [4.78, 5) is 12.8. The van der Waals surface area contributed by atoms with Gasteiger partial charge in [0.25, 0.3) is 5.78 Å². The highest BCUT2D eigenvalue weighted by Crippen LogP contribution is 2.33. The van der Waals surface area contributed by atoms with Crippen LogP contribution >= 0.6 is 11.6 Å². The number of nitrogens with zero attached hydrogens (tertiary/aromatic N) is 6. The lowest BCUT2D eigenvalue weighted by Gasteiger charge is -2.35. The van der Waals surface area contributed by atoms with Gasteiger partial charge in [-0.1, -0.05) is 41.9 Å². The Bertz CT molecular complexity index is 1250. The van der Waals surface area contributed by atoms with Crippen molar-refractivity contribution in [1.82, 2.24) is 19.6 Å². The molecule has 4 aromatic rings. The summed E-state index contributed by atoms with van der Waals surface area (Å²) in [5, 5.41) is 4.57. The maximum atomic E-state index is 13.8. The van der Waals surface area contributed by atoms with Gasteiger partial charge >= 0.3 is 6.18 Å². The van der Waals surface area contributed by atoms with Crippen molar-refractivity contribution in [3.8, 4) is 11.3 Å². The molecule has 0 amide bonds. The monoisotopic (exact) mass is 458 g/mol. The molecule has 164 valence electrons. The Morgan fingerprint density at radius 3 is 2.22 bits per heavy atom. The number of fused-ring (bicyclic) bond motifs is 1. The van der Waals surface area contributed by atoms with Crippen LogP contribution in [0.1, 0.15) is 5.69 Å². The molecule has 32 heavy (non-hydrogen) atoms. The van der Waals surface area contributed by atoms with E-state index in [1.54, 1.807) is 24.3 Å². The number of anilines is 2. The first-order chi connectivity index (χ1) is 15.4. The average Bonchev–Trinajstić information content (AvgIpc) is 3.22. The highest BCUT2D eigenvalue weighted by atomic mass is 35.5. The molecular weight excluding hydrogens is 441 g/mol. The Morgan fingerprint density at radius 2 is 1.53 bits per heavy atom. The predicted octanol–water partition coefficient (Wildman–Crippen LogP) is 4.79. The van der Waals surface area contributed by atoms with Crippen LogP contribution in [0, 0.1) is 0 Å². The van der Waals surface area contributed by atoms with E-state index in [1.165, 1.54) is 0 Å². The van der Waals surface area contributed by atoms with Crippen molar-refractivity contribution in [1.29, 1.82) is 0 Å². The molecule has 0 aliphatic carbocycles. The standard InChI is InChI=1S/C22H18ClF3N6/c23-16-6-4-5-15(13-16)18-14-19(22(24,25)26)32-20(27-18)28-21(29-32)31-11-9-30(10-12-31)17-7-2-1-3-8-17/h1-8,13-14H,9-12H2. The highest BCUT2D eigenvalue weighted by Gasteiger charge is 2.36. The molecule has 0 spiro atoms. The Morgan fingerprint density at radius 1 is 0.812 bits per heavy atom. The van der Waals surface area contributed by atoms with E-state index in [4.69, 9.17) is 11.6 Å². The maximum Gasteiger partial charge on any atom is 0.433 e. The minimum Gasteiger partial charge on any atom is -0.368 e. The minimum atomic E-state index is -4.62. The average molecular weight is 459 g/mol. The van der Waals surface area contributed by atoms with Crippen LogP contribution in [0.4, 0.5) is 24.8 Å². The van der Waals surface area contributed by atoms with Crippen LogP contribution in [-0.4, -0.2) is 45.8 Å². The second-order valence-corrected chi connectivity index (χ2v) is 7.90. The number of alkyl halides is 3. The predicted molar refractivity (Wildman–Crippen MR) is 117 cm³/mol. The van der Waals surface area contributed by atoms with Gasteiger partial charge in [0.05, 0.1) is 5.69 Å².